The van der Waals surface area contributed by atoms with Gasteiger partial charge in [-0.1, -0.05) is 51.3 Å². The van der Waals surface area contributed by atoms with Gasteiger partial charge in [0.1, 0.15) is 18.0 Å². The van der Waals surface area contributed by atoms with Gasteiger partial charge >= 0.3 is 0 Å². The second kappa shape index (κ2) is 11.8. The molecule has 2 N–H and O–H groups in total. The summed E-state index contributed by atoms with van der Waals surface area (Å²) in [6.45, 7) is -0.0562. The highest BCUT2D eigenvalue weighted by atomic mass is 79.9. The largest absolute Gasteiger partial charge is 0.484 e. The maximum atomic E-state index is 14.1. The Morgan fingerprint density at radius 3 is 1.97 bits per heavy atom. The number of hydrogen-bond acceptors (Lipinski definition) is 4. The molecule has 2 heterocycles. The fourth-order valence-corrected chi connectivity index (χ4v) is 4.13. The first-order chi connectivity index (χ1) is 17.7. The van der Waals surface area contributed by atoms with E-state index in [1.165, 1.54) is 0 Å². The normalized spacial score (nSPS) is 10.7. The Balaban J connectivity index is 0.000000207. The molecular formula is C27H18BrCl2F2N3O2. The molecule has 0 aliphatic rings. The minimum absolute atomic E-state index is 0.0562. The van der Waals surface area contributed by atoms with Crippen molar-refractivity contribution in [3.63, 3.8) is 0 Å². The second-order valence-corrected chi connectivity index (χ2v) is 9.23. The molecule has 5 aromatic rings. The van der Waals surface area contributed by atoms with Gasteiger partial charge in [-0.15, -0.1) is 0 Å². The summed E-state index contributed by atoms with van der Waals surface area (Å²) in [7, 11) is 0. The van der Waals surface area contributed by atoms with Gasteiger partial charge in [-0.25, -0.2) is 13.8 Å². The number of carbonyl (C=O) groups is 1. The molecule has 0 spiro atoms. The predicted octanol–water partition coefficient (Wildman–Crippen LogP) is 7.63. The van der Waals surface area contributed by atoms with Gasteiger partial charge in [0, 0.05) is 26.1 Å². The van der Waals surface area contributed by atoms with E-state index in [1.807, 2.05) is 36.4 Å². The van der Waals surface area contributed by atoms with E-state index in [-0.39, 0.29) is 12.4 Å². The Morgan fingerprint density at radius 2 is 1.41 bits per heavy atom. The van der Waals surface area contributed by atoms with Crippen molar-refractivity contribution in [2.24, 2.45) is 5.73 Å². The van der Waals surface area contributed by atoms with Crippen LogP contribution < -0.4 is 10.5 Å². The number of alkyl halides is 1. The van der Waals surface area contributed by atoms with Crippen LogP contribution in [0.1, 0.15) is 21.7 Å². The molecule has 0 aliphatic carbocycles. The average Bonchev–Trinajstić information content (AvgIpc) is 2.88. The first kappa shape index (κ1) is 26.7. The number of fused-ring (bicyclic) bond motifs is 2. The van der Waals surface area contributed by atoms with E-state index < -0.39 is 23.1 Å². The summed E-state index contributed by atoms with van der Waals surface area (Å²) in [5.74, 6) is -3.64. The van der Waals surface area contributed by atoms with Crippen LogP contribution >= 0.6 is 39.1 Å². The number of halogens is 5. The quantitative estimate of drug-likeness (QED) is 0.209. The molecule has 2 aromatic heterocycles. The molecule has 10 heteroatoms. The zero-order valence-electron chi connectivity index (χ0n) is 19.0. The van der Waals surface area contributed by atoms with Crippen molar-refractivity contribution in [1.29, 1.82) is 0 Å². The summed E-state index contributed by atoms with van der Waals surface area (Å²) >= 11 is 15.1. The van der Waals surface area contributed by atoms with Crippen LogP contribution in [-0.4, -0.2) is 15.9 Å². The molecule has 0 saturated carbocycles. The maximum absolute atomic E-state index is 14.1. The summed E-state index contributed by atoms with van der Waals surface area (Å²) in [5, 5.41) is 4.07. The highest BCUT2D eigenvalue weighted by molar-refractivity contribution is 9.08. The number of hydrogen-bond donors (Lipinski definition) is 1. The Labute approximate surface area is 229 Å². The number of rotatable bonds is 5. The van der Waals surface area contributed by atoms with E-state index in [0.29, 0.717) is 16.2 Å². The average molecular weight is 605 g/mol. The zero-order chi connectivity index (χ0) is 26.5. The predicted molar refractivity (Wildman–Crippen MR) is 145 cm³/mol. The van der Waals surface area contributed by atoms with Crippen molar-refractivity contribution in [3.05, 3.63) is 111 Å². The van der Waals surface area contributed by atoms with E-state index in [1.54, 1.807) is 24.3 Å². The van der Waals surface area contributed by atoms with Crippen molar-refractivity contribution < 1.29 is 18.3 Å². The monoisotopic (exact) mass is 603 g/mol. The molecule has 0 radical (unpaired) electrons. The van der Waals surface area contributed by atoms with E-state index in [2.05, 4.69) is 25.9 Å². The molecule has 5 rings (SSSR count). The first-order valence-corrected chi connectivity index (χ1v) is 12.7. The lowest BCUT2D eigenvalue weighted by atomic mass is 10.1. The van der Waals surface area contributed by atoms with Crippen LogP contribution in [0.15, 0.2) is 72.8 Å². The molecule has 0 saturated heterocycles. The third-order valence-electron chi connectivity index (χ3n) is 5.23. The Hall–Kier alpha value is -3.33. The topological polar surface area (TPSA) is 78.1 Å². The SMILES string of the molecule is Clc1ccc2nc(CBr)ccc2c1.NC(=O)c1c(F)ccc(OCc2ccc3cc(Cl)ccc3n2)c1F. The summed E-state index contributed by atoms with van der Waals surface area (Å²) in [6, 6.07) is 20.5. The van der Waals surface area contributed by atoms with Crippen LogP contribution in [-0.2, 0) is 11.9 Å². The Bertz CT molecular complexity index is 1620. The van der Waals surface area contributed by atoms with Crippen LogP contribution in [0.5, 0.6) is 5.75 Å². The van der Waals surface area contributed by atoms with Gasteiger partial charge < -0.3 is 10.5 Å². The number of primary amides is 1. The van der Waals surface area contributed by atoms with E-state index in [0.717, 1.165) is 44.5 Å². The molecule has 3 aromatic carbocycles. The van der Waals surface area contributed by atoms with Crippen LogP contribution in [0.3, 0.4) is 0 Å². The lowest BCUT2D eigenvalue weighted by Gasteiger charge is -2.10. The summed E-state index contributed by atoms with van der Waals surface area (Å²) in [4.78, 5) is 19.9. The number of benzene rings is 3. The van der Waals surface area contributed by atoms with Gasteiger partial charge in [0.15, 0.2) is 11.6 Å². The number of amides is 1. The molecule has 1 amide bonds. The van der Waals surface area contributed by atoms with Gasteiger partial charge in [0.05, 0.1) is 22.4 Å². The third-order valence-corrected chi connectivity index (χ3v) is 6.28. The molecule has 0 atom stereocenters. The van der Waals surface area contributed by atoms with Crippen molar-refractivity contribution in [2.75, 3.05) is 0 Å². The lowest BCUT2D eigenvalue weighted by molar-refractivity contribution is 0.0991. The van der Waals surface area contributed by atoms with Crippen molar-refractivity contribution in [2.45, 2.75) is 11.9 Å². The number of nitrogens with zero attached hydrogens (tertiary/aromatic N) is 2. The maximum Gasteiger partial charge on any atom is 0.254 e. The second-order valence-electron chi connectivity index (χ2n) is 7.80. The number of pyridine rings is 2. The van der Waals surface area contributed by atoms with Crippen LogP contribution in [0.4, 0.5) is 8.78 Å². The summed E-state index contributed by atoms with van der Waals surface area (Å²) in [5.41, 5.74) is 7.41. The van der Waals surface area contributed by atoms with Gasteiger partial charge in [0.2, 0.25) is 0 Å². The van der Waals surface area contributed by atoms with Crippen molar-refractivity contribution >= 4 is 66.8 Å². The van der Waals surface area contributed by atoms with Gasteiger partial charge in [0.25, 0.3) is 5.91 Å². The third kappa shape index (κ3) is 6.52. The van der Waals surface area contributed by atoms with E-state index in [4.69, 9.17) is 33.7 Å². The number of nitrogens with two attached hydrogens (primary N) is 1. The highest BCUT2D eigenvalue weighted by Gasteiger charge is 2.19. The van der Waals surface area contributed by atoms with Gasteiger partial charge in [-0.05, 0) is 60.7 Å². The van der Waals surface area contributed by atoms with Gasteiger partial charge in [-0.3, -0.25) is 9.78 Å². The van der Waals surface area contributed by atoms with Crippen LogP contribution in [0.2, 0.25) is 10.0 Å². The fraction of sp³-hybridized carbons (Fsp3) is 0.0741. The zero-order valence-corrected chi connectivity index (χ0v) is 22.1. The number of carbonyl (C=O) groups excluding carboxylic acids is 1. The van der Waals surface area contributed by atoms with Crippen molar-refractivity contribution in [3.8, 4) is 5.75 Å². The minimum atomic E-state index is -1.20. The molecular weight excluding hydrogens is 587 g/mol. The van der Waals surface area contributed by atoms with Crippen molar-refractivity contribution in [1.82, 2.24) is 9.97 Å². The molecule has 0 fully saturated rings. The van der Waals surface area contributed by atoms with Crippen LogP contribution in [0.25, 0.3) is 21.8 Å². The Morgan fingerprint density at radius 1 is 0.838 bits per heavy atom. The van der Waals surface area contributed by atoms with E-state index >= 15 is 0 Å². The summed E-state index contributed by atoms with van der Waals surface area (Å²) < 4.78 is 32.8. The molecule has 5 nitrogen and oxygen atoms in total. The molecule has 37 heavy (non-hydrogen) atoms. The molecule has 0 bridgehead atoms. The number of ether oxygens (including phenoxy) is 1. The fourth-order valence-electron chi connectivity index (χ4n) is 3.45. The molecule has 188 valence electrons. The van der Waals surface area contributed by atoms with Crippen LogP contribution in [0, 0.1) is 11.6 Å². The highest BCUT2D eigenvalue weighted by Crippen LogP contribution is 2.24. The summed E-state index contributed by atoms with van der Waals surface area (Å²) in [6.07, 6.45) is 0. The van der Waals surface area contributed by atoms with E-state index in [9.17, 15) is 13.6 Å². The minimum Gasteiger partial charge on any atom is -0.484 e. The first-order valence-electron chi connectivity index (χ1n) is 10.8. The Kier molecular flexibility index (Phi) is 8.53. The smallest absolute Gasteiger partial charge is 0.254 e. The standard InChI is InChI=1S/C17H11ClF2N2O2.C10H7BrClN/c18-10-2-5-13-9(7-10)1-3-11(22-13)8-24-14-6-4-12(19)15(16(14)20)17(21)23;11-6-9-3-1-7-5-8(12)2-4-10(7)13-9/h1-7H,8H2,(H2,21,23);1-5H,6H2. The number of aromatic nitrogens is 2. The molecule has 0 aliphatic heterocycles. The lowest BCUT2D eigenvalue weighted by Crippen LogP contribution is -2.16. The molecule has 0 unspecified atom stereocenters. The van der Waals surface area contributed by atoms with Gasteiger partial charge in [-0.2, -0.15) is 0 Å².